The van der Waals surface area contributed by atoms with Crippen molar-refractivity contribution in [2.45, 2.75) is 57.4 Å². The van der Waals surface area contributed by atoms with Crippen molar-refractivity contribution in [3.63, 3.8) is 0 Å². The van der Waals surface area contributed by atoms with Crippen LogP contribution in [-0.4, -0.2) is 29.0 Å². The molecule has 0 spiro atoms. The van der Waals surface area contributed by atoms with Gasteiger partial charge in [0.15, 0.2) is 0 Å². The Bertz CT molecular complexity index is 719. The van der Waals surface area contributed by atoms with Crippen molar-refractivity contribution in [2.75, 3.05) is 13.1 Å². The second-order valence-corrected chi connectivity index (χ2v) is 7.71. The van der Waals surface area contributed by atoms with E-state index in [0.717, 1.165) is 23.7 Å². The Hall–Kier alpha value is -1.74. The zero-order valence-corrected chi connectivity index (χ0v) is 15.0. The third kappa shape index (κ3) is 3.62. The maximum Gasteiger partial charge on any atom is 0.123 e. The fourth-order valence-electron chi connectivity index (χ4n) is 4.64. The Labute approximate surface area is 150 Å². The van der Waals surface area contributed by atoms with Crippen molar-refractivity contribution in [2.24, 2.45) is 0 Å². The molecule has 1 saturated heterocycles. The highest BCUT2D eigenvalue weighted by Crippen LogP contribution is 2.33. The molecule has 1 aliphatic carbocycles. The maximum absolute atomic E-state index is 13.1. The average Bonchev–Trinajstić information content (AvgIpc) is 3.17. The lowest BCUT2D eigenvalue weighted by Gasteiger charge is -2.37. The molecule has 3 heteroatoms. The second kappa shape index (κ2) is 7.25. The van der Waals surface area contributed by atoms with E-state index in [0.29, 0.717) is 5.92 Å². The van der Waals surface area contributed by atoms with Crippen LogP contribution in [0.1, 0.15) is 55.7 Å². The van der Waals surface area contributed by atoms with Gasteiger partial charge in [0.05, 0.1) is 0 Å². The molecule has 1 saturated carbocycles. The first-order chi connectivity index (χ1) is 12.2. The van der Waals surface area contributed by atoms with Crippen LogP contribution in [0.15, 0.2) is 36.5 Å². The van der Waals surface area contributed by atoms with Gasteiger partial charge in [-0.15, -0.1) is 0 Å². The third-order valence-electron chi connectivity index (χ3n) is 5.98. The molecule has 1 aliphatic heterocycles. The molecule has 2 heterocycles. The number of nitrogens with zero attached hydrogens (tertiary/aromatic N) is 2. The van der Waals surface area contributed by atoms with Gasteiger partial charge in [0.25, 0.3) is 0 Å². The van der Waals surface area contributed by atoms with Gasteiger partial charge in [0.1, 0.15) is 5.82 Å². The predicted molar refractivity (Wildman–Crippen MR) is 100 cm³/mol. The highest BCUT2D eigenvalue weighted by molar-refractivity contribution is 5.63. The number of likely N-dealkylation sites (tertiary alicyclic amines) is 1. The van der Waals surface area contributed by atoms with Gasteiger partial charge >= 0.3 is 0 Å². The molecule has 2 aliphatic rings. The van der Waals surface area contributed by atoms with Crippen LogP contribution in [0.5, 0.6) is 0 Å². The highest BCUT2D eigenvalue weighted by atomic mass is 19.1. The summed E-state index contributed by atoms with van der Waals surface area (Å²) in [4.78, 5) is 7.56. The quantitative estimate of drug-likeness (QED) is 0.753. The Morgan fingerprint density at radius 2 is 1.76 bits per heavy atom. The topological polar surface area (TPSA) is 16.1 Å². The summed E-state index contributed by atoms with van der Waals surface area (Å²) in [6.07, 6.45) is 10.0. The minimum absolute atomic E-state index is 0.195. The molecule has 0 radical (unpaired) electrons. The summed E-state index contributed by atoms with van der Waals surface area (Å²) in [5, 5.41) is 0. The van der Waals surface area contributed by atoms with Crippen molar-refractivity contribution in [3.05, 3.63) is 53.6 Å². The molecule has 0 N–H and O–H groups in total. The molecule has 1 unspecified atom stereocenters. The minimum Gasteiger partial charge on any atom is -0.300 e. The van der Waals surface area contributed by atoms with Gasteiger partial charge in [-0.2, -0.15) is 0 Å². The Kier molecular flexibility index (Phi) is 4.85. The third-order valence-corrected chi connectivity index (χ3v) is 5.98. The highest BCUT2D eigenvalue weighted by Gasteiger charge is 2.29. The zero-order valence-electron chi connectivity index (χ0n) is 15.0. The van der Waals surface area contributed by atoms with Crippen LogP contribution < -0.4 is 0 Å². The molecule has 1 atom stereocenters. The fraction of sp³-hybridized carbons (Fsp3) is 0.500. The molecule has 2 nitrogen and oxygen atoms in total. The van der Waals surface area contributed by atoms with E-state index in [4.69, 9.17) is 4.98 Å². The van der Waals surface area contributed by atoms with E-state index >= 15 is 0 Å². The molecule has 2 fully saturated rings. The van der Waals surface area contributed by atoms with E-state index in [-0.39, 0.29) is 5.82 Å². The van der Waals surface area contributed by atoms with Crippen LogP contribution in [0.2, 0.25) is 0 Å². The normalized spacial score (nSPS) is 22.4. The number of piperidine rings is 1. The van der Waals surface area contributed by atoms with E-state index in [2.05, 4.69) is 17.9 Å². The van der Waals surface area contributed by atoms with Crippen LogP contribution in [0.4, 0.5) is 4.39 Å². The Morgan fingerprint density at radius 1 is 1.00 bits per heavy atom. The first-order valence-electron chi connectivity index (χ1n) is 9.67. The second-order valence-electron chi connectivity index (χ2n) is 7.71. The number of halogens is 1. The number of aryl methyl sites for hydroxylation is 1. The first kappa shape index (κ1) is 16.7. The predicted octanol–water partition coefficient (Wildman–Crippen LogP) is 5.32. The lowest BCUT2D eigenvalue weighted by molar-refractivity contribution is 0.148. The molecular weight excluding hydrogens is 311 g/mol. The molecule has 132 valence electrons. The van der Waals surface area contributed by atoms with Crippen LogP contribution >= 0.6 is 0 Å². The van der Waals surface area contributed by atoms with E-state index in [9.17, 15) is 4.39 Å². The minimum atomic E-state index is -0.195. The van der Waals surface area contributed by atoms with E-state index in [1.165, 1.54) is 68.5 Å². The molecule has 1 aromatic heterocycles. The molecule has 1 aromatic carbocycles. The van der Waals surface area contributed by atoms with Crippen molar-refractivity contribution in [1.29, 1.82) is 0 Å². The van der Waals surface area contributed by atoms with Crippen LogP contribution in [0.3, 0.4) is 0 Å². The Balaban J connectivity index is 1.53. The van der Waals surface area contributed by atoms with E-state index in [1.54, 1.807) is 0 Å². The maximum atomic E-state index is 13.1. The SMILES string of the molecule is Cc1cc(-c2ccc(F)cc2)cnc1C1CCCN(C2CCCC2)C1. The summed E-state index contributed by atoms with van der Waals surface area (Å²) in [6, 6.07) is 9.70. The summed E-state index contributed by atoms with van der Waals surface area (Å²) in [7, 11) is 0. The Morgan fingerprint density at radius 3 is 2.48 bits per heavy atom. The van der Waals surface area contributed by atoms with Gasteiger partial charge in [0.2, 0.25) is 0 Å². The number of pyridine rings is 1. The van der Waals surface area contributed by atoms with Gasteiger partial charge in [-0.25, -0.2) is 4.39 Å². The van der Waals surface area contributed by atoms with Crippen LogP contribution in [0, 0.1) is 12.7 Å². The molecule has 4 rings (SSSR count). The van der Waals surface area contributed by atoms with Gasteiger partial charge in [0, 0.05) is 36.0 Å². The monoisotopic (exact) mass is 338 g/mol. The van der Waals surface area contributed by atoms with Crippen molar-refractivity contribution < 1.29 is 4.39 Å². The average molecular weight is 338 g/mol. The van der Waals surface area contributed by atoms with Crippen molar-refractivity contribution >= 4 is 0 Å². The number of hydrogen-bond acceptors (Lipinski definition) is 2. The van der Waals surface area contributed by atoms with Gasteiger partial charge in [-0.1, -0.05) is 25.0 Å². The number of hydrogen-bond donors (Lipinski definition) is 0. The lowest BCUT2D eigenvalue weighted by Crippen LogP contribution is -2.41. The molecular formula is C22H27FN2. The van der Waals surface area contributed by atoms with Crippen molar-refractivity contribution in [1.82, 2.24) is 9.88 Å². The molecule has 0 bridgehead atoms. The van der Waals surface area contributed by atoms with Crippen molar-refractivity contribution in [3.8, 4) is 11.1 Å². The molecule has 2 aromatic rings. The zero-order chi connectivity index (χ0) is 17.2. The summed E-state index contributed by atoms with van der Waals surface area (Å²) < 4.78 is 13.1. The lowest BCUT2D eigenvalue weighted by atomic mass is 9.90. The van der Waals surface area contributed by atoms with Gasteiger partial charge in [-0.3, -0.25) is 9.88 Å². The summed E-state index contributed by atoms with van der Waals surface area (Å²) in [5.74, 6) is 0.357. The standard InChI is InChI=1S/C22H27FN2/c1-16-13-19(17-8-10-20(23)11-9-17)14-24-22(16)18-5-4-12-25(15-18)21-6-2-3-7-21/h8-11,13-14,18,21H,2-7,12,15H2,1H3. The van der Waals surface area contributed by atoms with Crippen LogP contribution in [0.25, 0.3) is 11.1 Å². The smallest absolute Gasteiger partial charge is 0.123 e. The number of benzene rings is 1. The number of aromatic nitrogens is 1. The van der Waals surface area contributed by atoms with E-state index < -0.39 is 0 Å². The fourth-order valence-corrected chi connectivity index (χ4v) is 4.64. The summed E-state index contributed by atoms with van der Waals surface area (Å²) in [6.45, 7) is 4.59. The largest absolute Gasteiger partial charge is 0.300 e. The van der Waals surface area contributed by atoms with Crippen LogP contribution in [-0.2, 0) is 0 Å². The summed E-state index contributed by atoms with van der Waals surface area (Å²) >= 11 is 0. The molecule has 0 amide bonds. The van der Waals surface area contributed by atoms with E-state index in [1.807, 2.05) is 18.3 Å². The van der Waals surface area contributed by atoms with Gasteiger partial charge < -0.3 is 0 Å². The molecule has 25 heavy (non-hydrogen) atoms. The number of rotatable bonds is 3. The first-order valence-corrected chi connectivity index (χ1v) is 9.67. The summed E-state index contributed by atoms with van der Waals surface area (Å²) in [5.41, 5.74) is 4.62. The van der Waals surface area contributed by atoms with Gasteiger partial charge in [-0.05, 0) is 68.5 Å².